The summed E-state index contributed by atoms with van der Waals surface area (Å²) >= 11 is 11.7. The number of hydrogen-bond acceptors (Lipinski definition) is 4. The number of rotatable bonds is 12. The number of aryl methyl sites for hydroxylation is 1. The summed E-state index contributed by atoms with van der Waals surface area (Å²) in [6.07, 6.45) is -2.80. The number of benzene rings is 3. The molecule has 5 nitrogen and oxygen atoms in total. The van der Waals surface area contributed by atoms with E-state index in [4.69, 9.17) is 27.9 Å². The van der Waals surface area contributed by atoms with Gasteiger partial charge in [-0.3, -0.25) is 14.4 Å². The van der Waals surface area contributed by atoms with Crippen LogP contribution in [-0.2, 0) is 22.1 Å². The maximum atomic E-state index is 14.8. The third-order valence-electron chi connectivity index (χ3n) is 6.67. The van der Waals surface area contributed by atoms with Gasteiger partial charge in [0, 0.05) is 23.0 Å². The first-order valence-corrected chi connectivity index (χ1v) is 14.8. The molecule has 0 fully saturated rings. The van der Waals surface area contributed by atoms with Gasteiger partial charge in [0.15, 0.2) is 11.6 Å². The Hall–Kier alpha value is -3.43. The number of amides is 1. The van der Waals surface area contributed by atoms with Gasteiger partial charge in [0.2, 0.25) is 0 Å². The quantitative estimate of drug-likeness (QED) is 0.0916. The predicted octanol–water partition coefficient (Wildman–Crippen LogP) is 8.99. The van der Waals surface area contributed by atoms with Crippen LogP contribution >= 0.6 is 23.2 Å². The molecular weight excluding hydrogens is 621 g/mol. The van der Waals surface area contributed by atoms with E-state index in [1.54, 1.807) is 69.3 Å². The van der Waals surface area contributed by atoms with Crippen LogP contribution in [0.25, 0.3) is 0 Å². The van der Waals surface area contributed by atoms with Gasteiger partial charge in [-0.1, -0.05) is 53.9 Å². The van der Waals surface area contributed by atoms with Crippen LogP contribution in [0.3, 0.4) is 0 Å². The molecule has 236 valence electrons. The second kappa shape index (κ2) is 15.0. The van der Waals surface area contributed by atoms with Crippen molar-refractivity contribution in [2.45, 2.75) is 70.6 Å². The van der Waals surface area contributed by atoms with Gasteiger partial charge in [0.05, 0.1) is 22.6 Å². The van der Waals surface area contributed by atoms with Crippen LogP contribution in [0.2, 0.25) is 10.0 Å². The molecule has 0 aliphatic carbocycles. The molecule has 0 radical (unpaired) electrons. The summed E-state index contributed by atoms with van der Waals surface area (Å²) in [5.41, 5.74) is -0.673. The van der Waals surface area contributed by atoms with E-state index >= 15 is 0 Å². The fourth-order valence-corrected chi connectivity index (χ4v) is 4.88. The van der Waals surface area contributed by atoms with Crippen LogP contribution in [0, 0.1) is 5.82 Å². The summed E-state index contributed by atoms with van der Waals surface area (Å²) < 4.78 is 60.2. The number of ether oxygens (including phenoxy) is 1. The molecule has 0 aliphatic heterocycles. The van der Waals surface area contributed by atoms with E-state index in [0.717, 1.165) is 5.56 Å². The lowest BCUT2D eigenvalue weighted by Crippen LogP contribution is -2.29. The van der Waals surface area contributed by atoms with Crippen LogP contribution in [0.4, 0.5) is 17.6 Å². The van der Waals surface area contributed by atoms with Crippen molar-refractivity contribution in [1.82, 2.24) is 5.32 Å². The Morgan fingerprint density at radius 3 is 2.14 bits per heavy atom. The average molecular weight is 655 g/mol. The third-order valence-corrected chi connectivity index (χ3v) is 7.20. The molecule has 0 heterocycles. The van der Waals surface area contributed by atoms with Crippen LogP contribution in [0.5, 0.6) is 0 Å². The summed E-state index contributed by atoms with van der Waals surface area (Å²) in [6.45, 7) is 5.43. The van der Waals surface area contributed by atoms with Crippen molar-refractivity contribution in [3.63, 3.8) is 0 Å². The number of ketones is 1. The summed E-state index contributed by atoms with van der Waals surface area (Å²) in [7, 11) is 0. The lowest BCUT2D eigenvalue weighted by atomic mass is 9.85. The van der Waals surface area contributed by atoms with Gasteiger partial charge in [-0.15, -0.1) is 0 Å². The fourth-order valence-electron chi connectivity index (χ4n) is 4.54. The number of carbonyl (C=O) groups excluding carboxylic acids is 3. The molecule has 3 aromatic rings. The molecule has 1 N–H and O–H groups in total. The zero-order valence-electron chi connectivity index (χ0n) is 24.5. The normalized spacial score (nSPS) is 12.5. The van der Waals surface area contributed by atoms with E-state index in [0.29, 0.717) is 47.5 Å². The van der Waals surface area contributed by atoms with Crippen LogP contribution in [0.1, 0.15) is 89.8 Å². The maximum absolute atomic E-state index is 14.8. The second-order valence-electron chi connectivity index (χ2n) is 11.3. The van der Waals surface area contributed by atoms with Crippen LogP contribution in [-0.4, -0.2) is 29.8 Å². The van der Waals surface area contributed by atoms with Gasteiger partial charge < -0.3 is 10.1 Å². The minimum Gasteiger partial charge on any atom is -0.460 e. The van der Waals surface area contributed by atoms with Crippen molar-refractivity contribution >= 4 is 40.9 Å². The molecule has 1 amide bonds. The minimum absolute atomic E-state index is 0.0497. The number of unbranched alkanes of at least 4 members (excludes halogenated alkanes) is 1. The van der Waals surface area contributed by atoms with Crippen molar-refractivity contribution in [2.75, 3.05) is 6.54 Å². The number of alkyl halides is 3. The number of carbonyl (C=O) groups is 3. The van der Waals surface area contributed by atoms with Gasteiger partial charge >= 0.3 is 12.1 Å². The van der Waals surface area contributed by atoms with E-state index in [2.05, 4.69) is 5.32 Å². The Kier molecular flexibility index (Phi) is 12.0. The van der Waals surface area contributed by atoms with E-state index in [1.807, 2.05) is 0 Å². The molecule has 3 rings (SSSR count). The van der Waals surface area contributed by atoms with Gasteiger partial charge in [-0.05, 0) is 87.6 Å². The standard InChI is InChI=1S/C33H33Cl2F4NO4/c1-32(2,3)44-28(41)16-17-40-31(43)22-10-8-20(9-11-22)6-4-5-7-25(21-12-14-24(34)15-13-21)30(42)26-18-23(33(37,38)39)19-27(35)29(26)36/h8-15,18-19,25H,4-7,16-17H2,1-3H3,(H,40,43). The smallest absolute Gasteiger partial charge is 0.416 e. The lowest BCUT2D eigenvalue weighted by Gasteiger charge is -2.19. The first-order chi connectivity index (χ1) is 20.5. The number of esters is 1. The molecule has 0 aliphatic rings. The van der Waals surface area contributed by atoms with Gasteiger partial charge in [-0.2, -0.15) is 13.2 Å². The number of halogens is 6. The summed E-state index contributed by atoms with van der Waals surface area (Å²) in [4.78, 5) is 37.7. The molecule has 3 aromatic carbocycles. The first kappa shape index (κ1) is 35.1. The Balaban J connectivity index is 1.62. The van der Waals surface area contributed by atoms with Crippen molar-refractivity contribution in [2.24, 2.45) is 0 Å². The molecule has 1 atom stereocenters. The van der Waals surface area contributed by atoms with Crippen LogP contribution < -0.4 is 5.32 Å². The van der Waals surface area contributed by atoms with Crippen molar-refractivity contribution in [3.05, 3.63) is 104 Å². The molecule has 1 unspecified atom stereocenters. The summed E-state index contributed by atoms with van der Waals surface area (Å²) in [5.74, 6) is -3.66. The van der Waals surface area contributed by atoms with Crippen molar-refractivity contribution < 1.29 is 36.7 Å². The SMILES string of the molecule is CC(C)(C)OC(=O)CCNC(=O)c1ccc(CCCCC(C(=O)c2cc(C(F)(F)F)cc(Cl)c2F)c2ccc(Cl)cc2)cc1. The molecular formula is C33H33Cl2F4NO4. The van der Waals surface area contributed by atoms with Crippen molar-refractivity contribution in [3.8, 4) is 0 Å². The molecule has 0 saturated carbocycles. The predicted molar refractivity (Wildman–Crippen MR) is 162 cm³/mol. The van der Waals surface area contributed by atoms with Gasteiger partial charge in [-0.25, -0.2) is 4.39 Å². The first-order valence-electron chi connectivity index (χ1n) is 14.0. The highest BCUT2D eigenvalue weighted by Gasteiger charge is 2.34. The van der Waals surface area contributed by atoms with E-state index in [1.165, 1.54) is 0 Å². The molecule has 44 heavy (non-hydrogen) atoms. The Labute approximate surface area is 263 Å². The maximum Gasteiger partial charge on any atom is 0.416 e. The largest absolute Gasteiger partial charge is 0.460 e. The minimum atomic E-state index is -4.81. The lowest BCUT2D eigenvalue weighted by molar-refractivity contribution is -0.154. The molecule has 0 saturated heterocycles. The number of Topliss-reactive ketones (excluding diaryl/α,β-unsaturated/α-hetero) is 1. The molecule has 11 heteroatoms. The zero-order valence-corrected chi connectivity index (χ0v) is 26.0. The Morgan fingerprint density at radius 1 is 0.909 bits per heavy atom. The van der Waals surface area contributed by atoms with Gasteiger partial charge in [0.25, 0.3) is 5.91 Å². The van der Waals surface area contributed by atoms with E-state index in [9.17, 15) is 31.9 Å². The molecule has 0 bridgehead atoms. The topological polar surface area (TPSA) is 72.5 Å². The van der Waals surface area contributed by atoms with E-state index < -0.39 is 51.4 Å². The third kappa shape index (κ3) is 10.3. The highest BCUT2D eigenvalue weighted by atomic mass is 35.5. The molecule has 0 spiro atoms. The fraction of sp³-hybridized carbons (Fsp3) is 0.364. The highest BCUT2D eigenvalue weighted by molar-refractivity contribution is 6.31. The zero-order chi connectivity index (χ0) is 32.7. The number of hydrogen-bond donors (Lipinski definition) is 1. The van der Waals surface area contributed by atoms with Crippen molar-refractivity contribution in [1.29, 1.82) is 0 Å². The summed E-state index contributed by atoms with van der Waals surface area (Å²) in [5, 5.41) is 2.32. The Morgan fingerprint density at radius 2 is 1.55 bits per heavy atom. The second-order valence-corrected chi connectivity index (χ2v) is 12.2. The van der Waals surface area contributed by atoms with Crippen LogP contribution in [0.15, 0.2) is 60.7 Å². The molecule has 0 aromatic heterocycles. The number of nitrogens with one attached hydrogen (secondary N) is 1. The van der Waals surface area contributed by atoms with Gasteiger partial charge in [0.1, 0.15) is 5.60 Å². The Bertz CT molecular complexity index is 1470. The van der Waals surface area contributed by atoms with E-state index in [-0.39, 0.29) is 25.3 Å². The highest BCUT2D eigenvalue weighted by Crippen LogP contribution is 2.36. The average Bonchev–Trinajstić information content (AvgIpc) is 2.93. The summed E-state index contributed by atoms with van der Waals surface area (Å²) in [6, 6.07) is 14.2. The monoisotopic (exact) mass is 653 g/mol.